The molecule has 158 valence electrons. The van der Waals surface area contributed by atoms with E-state index in [4.69, 9.17) is 0 Å². The fraction of sp³-hybridized carbons (Fsp3) is 0.200. The van der Waals surface area contributed by atoms with Crippen LogP contribution >= 0.6 is 11.8 Å². The lowest BCUT2D eigenvalue weighted by molar-refractivity contribution is -0.131. The first-order valence-electron chi connectivity index (χ1n) is 10.1. The van der Waals surface area contributed by atoms with Crippen LogP contribution in [0, 0.1) is 0 Å². The Labute approximate surface area is 187 Å². The van der Waals surface area contributed by atoms with E-state index in [0.29, 0.717) is 6.54 Å². The summed E-state index contributed by atoms with van der Waals surface area (Å²) < 4.78 is 0. The van der Waals surface area contributed by atoms with Crippen LogP contribution in [-0.2, 0) is 16.9 Å². The van der Waals surface area contributed by atoms with E-state index in [9.17, 15) is 9.59 Å². The smallest absolute Gasteiger partial charge is 0.315 e. The highest BCUT2D eigenvalue weighted by molar-refractivity contribution is 7.98. The van der Waals surface area contributed by atoms with Crippen LogP contribution in [0.1, 0.15) is 16.7 Å². The number of benzene rings is 3. The molecule has 0 atom stereocenters. The molecule has 1 heterocycles. The molecular formula is C25H25N3O2S. The zero-order valence-electron chi connectivity index (χ0n) is 17.6. The molecule has 3 aromatic carbocycles. The average Bonchev–Trinajstić information content (AvgIpc) is 3.06. The van der Waals surface area contributed by atoms with E-state index in [1.807, 2.05) is 78.9 Å². The fourth-order valence-electron chi connectivity index (χ4n) is 3.97. The summed E-state index contributed by atoms with van der Waals surface area (Å²) >= 11 is 1.70. The number of nitrogens with one attached hydrogen (secondary N) is 1. The monoisotopic (exact) mass is 431 g/mol. The van der Waals surface area contributed by atoms with Crippen molar-refractivity contribution >= 4 is 23.7 Å². The highest BCUT2D eigenvalue weighted by Crippen LogP contribution is 2.36. The van der Waals surface area contributed by atoms with E-state index in [-0.39, 0.29) is 18.6 Å². The Balaban J connectivity index is 1.60. The number of rotatable bonds is 7. The van der Waals surface area contributed by atoms with E-state index < -0.39 is 5.54 Å². The number of carbonyl (C=O) groups excluding carboxylic acids is 2. The van der Waals surface area contributed by atoms with Crippen LogP contribution in [0.3, 0.4) is 0 Å². The minimum atomic E-state index is -1.22. The highest BCUT2D eigenvalue weighted by atomic mass is 32.2. The molecule has 0 saturated carbocycles. The predicted molar refractivity (Wildman–Crippen MR) is 124 cm³/mol. The molecule has 4 rings (SSSR count). The molecule has 1 aliphatic heterocycles. The Morgan fingerprint density at radius 3 is 1.94 bits per heavy atom. The summed E-state index contributed by atoms with van der Waals surface area (Å²) in [6, 6.07) is 26.8. The quantitative estimate of drug-likeness (QED) is 0.448. The number of nitrogens with zero attached hydrogens (tertiary/aromatic N) is 2. The number of carbonyl (C=O) groups is 2. The summed E-state index contributed by atoms with van der Waals surface area (Å²) in [5.41, 5.74) is 1.40. The van der Waals surface area contributed by atoms with E-state index >= 15 is 0 Å². The van der Waals surface area contributed by atoms with Crippen molar-refractivity contribution in [2.45, 2.75) is 17.0 Å². The summed E-state index contributed by atoms with van der Waals surface area (Å²) in [6.07, 6.45) is 2.05. The summed E-state index contributed by atoms with van der Waals surface area (Å²) in [7, 11) is 1.91. The van der Waals surface area contributed by atoms with Gasteiger partial charge in [-0.1, -0.05) is 72.8 Å². The SMILES string of the molecule is CSc1ccc(CN(C)CN2C(=O)NC(c3ccccc3)(c3ccccc3)C2=O)cc1. The minimum Gasteiger partial charge on any atom is -0.315 e. The maximum absolute atomic E-state index is 13.7. The molecule has 0 bridgehead atoms. The van der Waals surface area contributed by atoms with Crippen molar-refractivity contribution in [1.82, 2.24) is 15.1 Å². The topological polar surface area (TPSA) is 52.6 Å². The zero-order chi connectivity index (χ0) is 21.8. The van der Waals surface area contributed by atoms with Crippen molar-refractivity contribution in [2.75, 3.05) is 20.0 Å². The second-order valence-electron chi connectivity index (χ2n) is 7.65. The molecule has 1 N–H and O–H groups in total. The van der Waals surface area contributed by atoms with Crippen LogP contribution < -0.4 is 5.32 Å². The van der Waals surface area contributed by atoms with E-state index in [1.54, 1.807) is 11.8 Å². The van der Waals surface area contributed by atoms with Crippen molar-refractivity contribution < 1.29 is 9.59 Å². The summed E-state index contributed by atoms with van der Waals surface area (Å²) in [4.78, 5) is 31.2. The molecule has 0 aliphatic carbocycles. The molecule has 0 spiro atoms. The summed E-state index contributed by atoms with van der Waals surface area (Å²) in [6.45, 7) is 0.839. The van der Waals surface area contributed by atoms with Gasteiger partial charge in [-0.2, -0.15) is 0 Å². The molecule has 3 aromatic rings. The lowest BCUT2D eigenvalue weighted by Gasteiger charge is -2.28. The predicted octanol–water partition coefficient (Wildman–Crippen LogP) is 4.29. The molecule has 1 aliphatic rings. The Morgan fingerprint density at radius 1 is 0.871 bits per heavy atom. The second-order valence-corrected chi connectivity index (χ2v) is 8.53. The van der Waals surface area contributed by atoms with Gasteiger partial charge in [0.1, 0.15) is 0 Å². The molecule has 1 fully saturated rings. The van der Waals surface area contributed by atoms with E-state index in [2.05, 4.69) is 29.6 Å². The van der Waals surface area contributed by atoms with Crippen molar-refractivity contribution in [3.63, 3.8) is 0 Å². The van der Waals surface area contributed by atoms with Crippen molar-refractivity contribution in [3.8, 4) is 0 Å². The highest BCUT2D eigenvalue weighted by Gasteiger charge is 2.53. The normalized spacial score (nSPS) is 15.4. The number of hydrogen-bond acceptors (Lipinski definition) is 4. The van der Waals surface area contributed by atoms with Gasteiger partial charge in [0.15, 0.2) is 5.54 Å². The van der Waals surface area contributed by atoms with Crippen LogP contribution in [-0.4, -0.2) is 41.7 Å². The van der Waals surface area contributed by atoms with Crippen LogP contribution in [0.15, 0.2) is 89.8 Å². The van der Waals surface area contributed by atoms with Gasteiger partial charge in [-0.3, -0.25) is 9.69 Å². The largest absolute Gasteiger partial charge is 0.326 e. The van der Waals surface area contributed by atoms with Crippen molar-refractivity contribution in [1.29, 1.82) is 0 Å². The van der Waals surface area contributed by atoms with Gasteiger partial charge >= 0.3 is 6.03 Å². The number of amides is 3. The van der Waals surface area contributed by atoms with E-state index in [1.165, 1.54) is 9.80 Å². The minimum absolute atomic E-state index is 0.205. The van der Waals surface area contributed by atoms with Crippen molar-refractivity contribution in [2.24, 2.45) is 0 Å². The zero-order valence-corrected chi connectivity index (χ0v) is 18.4. The van der Waals surface area contributed by atoms with Gasteiger partial charge in [0.2, 0.25) is 0 Å². The number of hydrogen-bond donors (Lipinski definition) is 1. The van der Waals surface area contributed by atoms with Gasteiger partial charge in [0.25, 0.3) is 5.91 Å². The maximum Gasteiger partial charge on any atom is 0.326 e. The van der Waals surface area contributed by atoms with Crippen molar-refractivity contribution in [3.05, 3.63) is 102 Å². The van der Waals surface area contributed by atoms with Gasteiger partial charge < -0.3 is 5.32 Å². The Kier molecular flexibility index (Phi) is 6.11. The Bertz CT molecular complexity index is 1020. The fourth-order valence-corrected chi connectivity index (χ4v) is 4.38. The molecule has 3 amide bonds. The molecule has 31 heavy (non-hydrogen) atoms. The Morgan fingerprint density at radius 2 is 1.42 bits per heavy atom. The van der Waals surface area contributed by atoms with Gasteiger partial charge in [0, 0.05) is 11.4 Å². The lowest BCUT2D eigenvalue weighted by Crippen LogP contribution is -2.46. The summed E-state index contributed by atoms with van der Waals surface area (Å²) in [5, 5.41) is 2.99. The maximum atomic E-state index is 13.7. The molecule has 0 radical (unpaired) electrons. The van der Waals surface area contributed by atoms with Crippen LogP contribution in [0.2, 0.25) is 0 Å². The third kappa shape index (κ3) is 4.09. The van der Waals surface area contributed by atoms with Gasteiger partial charge in [-0.05, 0) is 42.1 Å². The molecule has 1 saturated heterocycles. The number of urea groups is 1. The molecule has 6 heteroatoms. The van der Waals surface area contributed by atoms with Crippen LogP contribution in [0.25, 0.3) is 0 Å². The third-order valence-corrected chi connectivity index (χ3v) is 6.26. The standard InChI is InChI=1S/C25H25N3O2S/c1-27(17-19-13-15-22(31-2)16-14-19)18-28-23(29)25(26-24(28)30,20-9-5-3-6-10-20)21-11-7-4-8-12-21/h3-16H,17-18H2,1-2H3,(H,26,30). The first kappa shape index (κ1) is 21.2. The number of imide groups is 1. The molecule has 5 nitrogen and oxygen atoms in total. The molecule has 0 aromatic heterocycles. The summed E-state index contributed by atoms with van der Waals surface area (Å²) in [5.74, 6) is -0.264. The Hall–Kier alpha value is -3.09. The third-order valence-electron chi connectivity index (χ3n) is 5.51. The van der Waals surface area contributed by atoms with Gasteiger partial charge in [-0.25, -0.2) is 9.69 Å². The number of thioether (sulfide) groups is 1. The average molecular weight is 432 g/mol. The first-order chi connectivity index (χ1) is 15.0. The molecular weight excluding hydrogens is 406 g/mol. The lowest BCUT2D eigenvalue weighted by atomic mass is 9.83. The van der Waals surface area contributed by atoms with Gasteiger partial charge in [0.05, 0.1) is 6.67 Å². The van der Waals surface area contributed by atoms with E-state index in [0.717, 1.165) is 16.7 Å². The molecule has 0 unspecified atom stereocenters. The first-order valence-corrected chi connectivity index (χ1v) is 11.3. The van der Waals surface area contributed by atoms with Crippen LogP contribution in [0.4, 0.5) is 4.79 Å². The van der Waals surface area contributed by atoms with Crippen LogP contribution in [0.5, 0.6) is 0 Å². The second kappa shape index (κ2) is 8.96. The van der Waals surface area contributed by atoms with Gasteiger partial charge in [-0.15, -0.1) is 11.8 Å².